The molecule has 9 aromatic rings. The molecule has 0 fully saturated rings. The lowest BCUT2D eigenvalue weighted by Gasteiger charge is -2.10. The highest BCUT2D eigenvalue weighted by Gasteiger charge is 2.18. The third kappa shape index (κ3) is 2.52. The largest absolute Gasteiger partial charge is 0.292 e. The van der Waals surface area contributed by atoms with Crippen LogP contribution in [0.2, 0.25) is 0 Å². The van der Waals surface area contributed by atoms with E-state index in [9.17, 15) is 0 Å². The molecule has 0 amide bonds. The first-order valence-electron chi connectivity index (χ1n) is 12.7. The molecule has 0 N–H and O–H groups in total. The Kier molecular flexibility index (Phi) is 3.73. The highest BCUT2D eigenvalue weighted by atomic mass is 15.1. The van der Waals surface area contributed by atoms with Crippen molar-refractivity contribution in [3.63, 3.8) is 0 Å². The molecule has 9 rings (SSSR count). The molecule has 4 heterocycles. The summed E-state index contributed by atoms with van der Waals surface area (Å²) >= 11 is 0. The lowest BCUT2D eigenvalue weighted by Crippen LogP contribution is -1.98. The highest BCUT2D eigenvalue weighted by Crippen LogP contribution is 2.35. The van der Waals surface area contributed by atoms with Gasteiger partial charge < -0.3 is 0 Å². The van der Waals surface area contributed by atoms with E-state index in [4.69, 9.17) is 15.0 Å². The Bertz CT molecular complexity index is 2410. The van der Waals surface area contributed by atoms with Gasteiger partial charge in [0.1, 0.15) is 17.1 Å². The number of hydrogen-bond donors (Lipinski definition) is 0. The maximum absolute atomic E-state index is 5.18. The molecule has 5 nitrogen and oxygen atoms in total. The van der Waals surface area contributed by atoms with Gasteiger partial charge in [0.05, 0.1) is 33.1 Å². The zero-order chi connectivity index (χ0) is 24.8. The molecule has 0 spiro atoms. The van der Waals surface area contributed by atoms with E-state index < -0.39 is 0 Å². The first-order valence-corrected chi connectivity index (χ1v) is 12.7. The predicted octanol–water partition coefficient (Wildman–Crippen LogP) is 7.81. The van der Waals surface area contributed by atoms with Gasteiger partial charge in [-0.15, -0.1) is 0 Å². The van der Waals surface area contributed by atoms with Gasteiger partial charge in [-0.3, -0.25) is 8.80 Å². The van der Waals surface area contributed by atoms with Gasteiger partial charge in [-0.1, -0.05) is 66.7 Å². The van der Waals surface area contributed by atoms with Crippen LogP contribution in [0.25, 0.3) is 77.3 Å². The van der Waals surface area contributed by atoms with Gasteiger partial charge in [-0.05, 0) is 53.9 Å². The van der Waals surface area contributed by atoms with Crippen LogP contribution in [0.1, 0.15) is 0 Å². The number of para-hydroxylation sites is 4. The molecule has 38 heavy (non-hydrogen) atoms. The summed E-state index contributed by atoms with van der Waals surface area (Å²) in [5.41, 5.74) is 9.00. The van der Waals surface area contributed by atoms with Crippen molar-refractivity contribution in [2.75, 3.05) is 0 Å². The van der Waals surface area contributed by atoms with Crippen molar-refractivity contribution >= 4 is 65.9 Å². The van der Waals surface area contributed by atoms with Crippen LogP contribution in [0.4, 0.5) is 0 Å². The van der Waals surface area contributed by atoms with Crippen LogP contribution < -0.4 is 0 Å². The average molecular weight is 486 g/mol. The summed E-state index contributed by atoms with van der Waals surface area (Å²) in [5.74, 6) is 0.862. The van der Waals surface area contributed by atoms with Gasteiger partial charge in [-0.2, -0.15) is 0 Å². The van der Waals surface area contributed by atoms with Gasteiger partial charge in [0.15, 0.2) is 0 Å². The van der Waals surface area contributed by atoms with E-state index in [-0.39, 0.29) is 0 Å². The standard InChI is InChI=1S/C33H19N5/c1-2-11-23-21(9-1)22-10-4-7-15-28(22)37-30-18-17-20(19-27(30)36-32(23)37)31-34-25-13-5-3-12-24(25)33-35-26-14-6-8-16-29(26)38(31)33/h1-19H. The number of aromatic nitrogens is 5. The topological polar surface area (TPSA) is 47.5 Å². The lowest BCUT2D eigenvalue weighted by atomic mass is 10.1. The van der Waals surface area contributed by atoms with Gasteiger partial charge in [-0.25, -0.2) is 15.0 Å². The monoisotopic (exact) mass is 485 g/mol. The fourth-order valence-electron chi connectivity index (χ4n) is 5.99. The van der Waals surface area contributed by atoms with Crippen molar-refractivity contribution < 1.29 is 0 Å². The van der Waals surface area contributed by atoms with Crippen LogP contribution in [0, 0.1) is 0 Å². The average Bonchev–Trinajstić information content (AvgIpc) is 3.56. The number of rotatable bonds is 1. The molecule has 0 bridgehead atoms. The molecule has 5 aromatic carbocycles. The second-order valence-corrected chi connectivity index (χ2v) is 9.75. The maximum atomic E-state index is 5.18. The number of benzene rings is 5. The Hall–Kier alpha value is -5.29. The molecule has 0 aliphatic rings. The molecular formula is C33H19N5. The first-order chi connectivity index (χ1) is 18.8. The first kappa shape index (κ1) is 19.8. The Morgan fingerprint density at radius 2 is 1.00 bits per heavy atom. The summed E-state index contributed by atoms with van der Waals surface area (Å²) < 4.78 is 4.46. The van der Waals surface area contributed by atoms with Crippen LogP contribution in [0.5, 0.6) is 0 Å². The Balaban J connectivity index is 1.42. The molecule has 5 heteroatoms. The van der Waals surface area contributed by atoms with Crippen LogP contribution in [0.15, 0.2) is 115 Å². The Morgan fingerprint density at radius 3 is 1.87 bits per heavy atom. The highest BCUT2D eigenvalue weighted by molar-refractivity contribution is 6.13. The van der Waals surface area contributed by atoms with E-state index in [0.717, 1.165) is 66.6 Å². The SMILES string of the molecule is c1ccc2c(c1)nc(-c1ccc3c(c1)nc1c4ccccc4c4ccccc4n31)n1c3ccccc3nc21. The predicted molar refractivity (Wildman–Crippen MR) is 155 cm³/mol. The lowest BCUT2D eigenvalue weighted by molar-refractivity contribution is 1.16. The Labute approximate surface area is 216 Å². The molecular weight excluding hydrogens is 466 g/mol. The second kappa shape index (κ2) is 7.14. The van der Waals surface area contributed by atoms with Crippen molar-refractivity contribution in [2.24, 2.45) is 0 Å². The third-order valence-electron chi connectivity index (χ3n) is 7.66. The van der Waals surface area contributed by atoms with Crippen molar-refractivity contribution in [2.45, 2.75) is 0 Å². The van der Waals surface area contributed by atoms with Crippen molar-refractivity contribution in [3.05, 3.63) is 115 Å². The minimum absolute atomic E-state index is 0.862. The van der Waals surface area contributed by atoms with Gasteiger partial charge in [0.25, 0.3) is 0 Å². The minimum atomic E-state index is 0.862. The summed E-state index contributed by atoms with van der Waals surface area (Å²) in [7, 11) is 0. The fourth-order valence-corrected chi connectivity index (χ4v) is 5.99. The van der Waals surface area contributed by atoms with Crippen LogP contribution in [-0.4, -0.2) is 23.8 Å². The van der Waals surface area contributed by atoms with E-state index >= 15 is 0 Å². The van der Waals surface area contributed by atoms with Gasteiger partial charge in [0.2, 0.25) is 0 Å². The fraction of sp³-hybridized carbons (Fsp3) is 0. The smallest absolute Gasteiger partial charge is 0.149 e. The molecule has 0 aliphatic heterocycles. The van der Waals surface area contributed by atoms with Crippen molar-refractivity contribution in [1.29, 1.82) is 0 Å². The van der Waals surface area contributed by atoms with Crippen LogP contribution in [0.3, 0.4) is 0 Å². The molecule has 4 aromatic heterocycles. The summed E-state index contributed by atoms with van der Waals surface area (Å²) in [5, 5.41) is 4.63. The Morgan fingerprint density at radius 1 is 0.395 bits per heavy atom. The van der Waals surface area contributed by atoms with Gasteiger partial charge in [0, 0.05) is 21.7 Å². The number of fused-ring (bicyclic) bond motifs is 13. The summed E-state index contributed by atoms with van der Waals surface area (Å²) in [6.45, 7) is 0. The molecule has 0 aliphatic carbocycles. The van der Waals surface area contributed by atoms with Crippen LogP contribution in [-0.2, 0) is 0 Å². The third-order valence-corrected chi connectivity index (χ3v) is 7.66. The molecule has 0 atom stereocenters. The normalized spacial score (nSPS) is 12.2. The van der Waals surface area contributed by atoms with E-state index in [0.29, 0.717) is 0 Å². The minimum Gasteiger partial charge on any atom is -0.292 e. The van der Waals surface area contributed by atoms with Crippen molar-refractivity contribution in [3.8, 4) is 11.4 Å². The number of pyridine rings is 1. The summed E-state index contributed by atoms with van der Waals surface area (Å²) in [6.07, 6.45) is 0. The van der Waals surface area contributed by atoms with E-state index in [1.165, 1.54) is 10.8 Å². The molecule has 0 unspecified atom stereocenters. The molecule has 0 radical (unpaired) electrons. The van der Waals surface area contributed by atoms with E-state index in [1.807, 2.05) is 18.2 Å². The zero-order valence-corrected chi connectivity index (χ0v) is 20.2. The zero-order valence-electron chi connectivity index (χ0n) is 20.2. The summed E-state index contributed by atoms with van der Waals surface area (Å²) in [6, 6.07) is 40.1. The van der Waals surface area contributed by atoms with E-state index in [2.05, 4.69) is 106 Å². The molecule has 0 saturated heterocycles. The second-order valence-electron chi connectivity index (χ2n) is 9.75. The van der Waals surface area contributed by atoms with Gasteiger partial charge >= 0.3 is 0 Å². The molecule has 0 saturated carbocycles. The van der Waals surface area contributed by atoms with E-state index in [1.54, 1.807) is 0 Å². The number of nitrogens with zero attached hydrogens (tertiary/aromatic N) is 5. The molecule has 176 valence electrons. The maximum Gasteiger partial charge on any atom is 0.149 e. The summed E-state index contributed by atoms with van der Waals surface area (Å²) in [4.78, 5) is 15.3. The number of imidazole rings is 2. The quantitative estimate of drug-likeness (QED) is 0.223. The van der Waals surface area contributed by atoms with Crippen LogP contribution >= 0.6 is 0 Å². The van der Waals surface area contributed by atoms with Crippen molar-refractivity contribution in [1.82, 2.24) is 23.8 Å². The number of hydrogen-bond acceptors (Lipinski definition) is 3.